The Morgan fingerprint density at radius 3 is 2.89 bits per heavy atom. The van der Waals surface area contributed by atoms with Gasteiger partial charge in [-0.15, -0.1) is 12.4 Å². The number of hydrogen-bond donors (Lipinski definition) is 2. The average Bonchev–Trinajstić information content (AvgIpc) is 2.86. The van der Waals surface area contributed by atoms with Gasteiger partial charge < -0.3 is 10.6 Å². The third-order valence-electron chi connectivity index (χ3n) is 3.23. The maximum Gasteiger partial charge on any atom is 0.224 e. The van der Waals surface area contributed by atoms with Gasteiger partial charge in [-0.25, -0.2) is 4.39 Å². The first-order valence-electron chi connectivity index (χ1n) is 6.04. The van der Waals surface area contributed by atoms with Gasteiger partial charge in [0, 0.05) is 6.54 Å². The molecule has 1 aliphatic heterocycles. The van der Waals surface area contributed by atoms with Gasteiger partial charge in [-0.1, -0.05) is 17.7 Å². The van der Waals surface area contributed by atoms with Crippen LogP contribution in [0, 0.1) is 11.7 Å². The van der Waals surface area contributed by atoms with Gasteiger partial charge >= 0.3 is 0 Å². The normalized spacial score (nSPS) is 19.6. The summed E-state index contributed by atoms with van der Waals surface area (Å²) in [5, 5.41) is 6.16. The molecule has 106 valence electrons. The molecule has 19 heavy (non-hydrogen) atoms. The fraction of sp³-hybridized carbons (Fsp3) is 0.462. The van der Waals surface area contributed by atoms with Gasteiger partial charge in [0.15, 0.2) is 0 Å². The third-order valence-corrected chi connectivity index (χ3v) is 3.52. The zero-order valence-electron chi connectivity index (χ0n) is 10.6. The summed E-state index contributed by atoms with van der Waals surface area (Å²) in [5.74, 6) is -0.379. The number of halogens is 3. The van der Waals surface area contributed by atoms with Crippen LogP contribution in [0.15, 0.2) is 18.2 Å². The summed E-state index contributed by atoms with van der Waals surface area (Å²) in [6.07, 6.45) is 0.864. The van der Waals surface area contributed by atoms with Crippen LogP contribution in [0.4, 0.5) is 4.39 Å². The minimum absolute atomic E-state index is 0. The molecule has 1 heterocycles. The van der Waals surface area contributed by atoms with E-state index in [1.54, 1.807) is 12.1 Å². The Kier molecular flexibility index (Phi) is 6.04. The average molecular weight is 307 g/mol. The SMILES string of the molecule is CC(NC(=O)C1CCNC1)c1ccc(F)c(Cl)c1.Cl. The monoisotopic (exact) mass is 306 g/mol. The Bertz CT molecular complexity index is 450. The second-order valence-electron chi connectivity index (χ2n) is 4.59. The van der Waals surface area contributed by atoms with Crippen molar-refractivity contribution in [3.05, 3.63) is 34.6 Å². The van der Waals surface area contributed by atoms with E-state index >= 15 is 0 Å². The molecule has 2 rings (SSSR count). The van der Waals surface area contributed by atoms with Crippen molar-refractivity contribution in [2.45, 2.75) is 19.4 Å². The number of carbonyl (C=O) groups excluding carboxylic acids is 1. The smallest absolute Gasteiger partial charge is 0.224 e. The predicted molar refractivity (Wildman–Crippen MR) is 76.2 cm³/mol. The van der Waals surface area contributed by atoms with E-state index in [9.17, 15) is 9.18 Å². The standard InChI is InChI=1S/C13H16ClFN2O.ClH/c1-8(9-2-3-12(15)11(14)6-9)17-13(18)10-4-5-16-7-10;/h2-3,6,8,10,16H,4-5,7H2,1H3,(H,17,18);1H. The molecule has 0 aromatic heterocycles. The van der Waals surface area contributed by atoms with Crippen LogP contribution < -0.4 is 10.6 Å². The van der Waals surface area contributed by atoms with Crippen molar-refractivity contribution in [2.24, 2.45) is 5.92 Å². The van der Waals surface area contributed by atoms with Gasteiger partial charge in [0.1, 0.15) is 5.82 Å². The van der Waals surface area contributed by atoms with Crippen molar-refractivity contribution < 1.29 is 9.18 Å². The summed E-state index contributed by atoms with van der Waals surface area (Å²) in [6.45, 7) is 3.47. The fourth-order valence-electron chi connectivity index (χ4n) is 2.07. The molecule has 1 fully saturated rings. The topological polar surface area (TPSA) is 41.1 Å². The lowest BCUT2D eigenvalue weighted by Crippen LogP contribution is -2.33. The minimum atomic E-state index is -0.445. The first kappa shape index (κ1) is 16.2. The second-order valence-corrected chi connectivity index (χ2v) is 5.00. The summed E-state index contributed by atoms with van der Waals surface area (Å²) in [6, 6.07) is 4.34. The first-order valence-corrected chi connectivity index (χ1v) is 6.42. The lowest BCUT2D eigenvalue weighted by Gasteiger charge is -2.17. The third kappa shape index (κ3) is 4.06. The Hall–Kier alpha value is -0.840. The van der Waals surface area contributed by atoms with Crippen LogP contribution in [0.1, 0.15) is 24.9 Å². The van der Waals surface area contributed by atoms with E-state index in [4.69, 9.17) is 11.6 Å². The van der Waals surface area contributed by atoms with Crippen LogP contribution in [0.25, 0.3) is 0 Å². The van der Waals surface area contributed by atoms with Crippen LogP contribution in [0.3, 0.4) is 0 Å². The summed E-state index contributed by atoms with van der Waals surface area (Å²) >= 11 is 5.72. The highest BCUT2D eigenvalue weighted by atomic mass is 35.5. The molecule has 1 aromatic rings. The lowest BCUT2D eigenvalue weighted by molar-refractivity contribution is -0.125. The number of amides is 1. The van der Waals surface area contributed by atoms with Crippen LogP contribution in [-0.4, -0.2) is 19.0 Å². The van der Waals surface area contributed by atoms with Gasteiger partial charge in [0.2, 0.25) is 5.91 Å². The number of carbonyl (C=O) groups is 1. The highest BCUT2D eigenvalue weighted by Gasteiger charge is 2.23. The quantitative estimate of drug-likeness (QED) is 0.901. The molecule has 0 bridgehead atoms. The summed E-state index contributed by atoms with van der Waals surface area (Å²) in [7, 11) is 0. The number of nitrogens with one attached hydrogen (secondary N) is 2. The Morgan fingerprint density at radius 2 is 2.32 bits per heavy atom. The molecule has 2 atom stereocenters. The Labute approximate surface area is 123 Å². The molecule has 0 radical (unpaired) electrons. The maximum absolute atomic E-state index is 13.0. The number of benzene rings is 1. The van der Waals surface area contributed by atoms with Crippen LogP contribution in [0.5, 0.6) is 0 Å². The van der Waals surface area contributed by atoms with Crippen molar-refractivity contribution in [1.82, 2.24) is 10.6 Å². The van der Waals surface area contributed by atoms with E-state index in [2.05, 4.69) is 10.6 Å². The zero-order valence-corrected chi connectivity index (χ0v) is 12.2. The molecular weight excluding hydrogens is 290 g/mol. The largest absolute Gasteiger partial charge is 0.349 e. The molecule has 0 saturated carbocycles. The van der Waals surface area contributed by atoms with Crippen molar-refractivity contribution in [2.75, 3.05) is 13.1 Å². The molecule has 0 aliphatic carbocycles. The minimum Gasteiger partial charge on any atom is -0.349 e. The van der Waals surface area contributed by atoms with Crippen molar-refractivity contribution >= 4 is 29.9 Å². The van der Waals surface area contributed by atoms with E-state index in [-0.39, 0.29) is 35.3 Å². The molecule has 2 unspecified atom stereocenters. The predicted octanol–water partition coefficient (Wildman–Crippen LogP) is 2.69. The molecule has 1 aromatic carbocycles. The summed E-state index contributed by atoms with van der Waals surface area (Å²) in [4.78, 5) is 11.9. The molecule has 1 saturated heterocycles. The Morgan fingerprint density at radius 1 is 1.58 bits per heavy atom. The molecule has 1 aliphatic rings. The van der Waals surface area contributed by atoms with E-state index in [1.807, 2.05) is 6.92 Å². The van der Waals surface area contributed by atoms with Gasteiger partial charge in [0.05, 0.1) is 17.0 Å². The van der Waals surface area contributed by atoms with E-state index in [0.717, 1.165) is 25.1 Å². The summed E-state index contributed by atoms with van der Waals surface area (Å²) in [5.41, 5.74) is 0.806. The lowest BCUT2D eigenvalue weighted by atomic mass is 10.1. The van der Waals surface area contributed by atoms with E-state index in [0.29, 0.717) is 0 Å². The van der Waals surface area contributed by atoms with Crippen molar-refractivity contribution in [1.29, 1.82) is 0 Å². The van der Waals surface area contributed by atoms with Gasteiger partial charge in [-0.3, -0.25) is 4.79 Å². The number of rotatable bonds is 3. The van der Waals surface area contributed by atoms with E-state index in [1.165, 1.54) is 6.07 Å². The molecule has 3 nitrogen and oxygen atoms in total. The van der Waals surface area contributed by atoms with Crippen molar-refractivity contribution in [3.8, 4) is 0 Å². The van der Waals surface area contributed by atoms with Crippen LogP contribution in [-0.2, 0) is 4.79 Å². The first-order chi connectivity index (χ1) is 8.58. The van der Waals surface area contributed by atoms with Gasteiger partial charge in [-0.2, -0.15) is 0 Å². The van der Waals surface area contributed by atoms with Crippen LogP contribution >= 0.6 is 24.0 Å². The second kappa shape index (κ2) is 7.08. The highest BCUT2D eigenvalue weighted by Crippen LogP contribution is 2.21. The molecule has 0 spiro atoms. The molecule has 2 N–H and O–H groups in total. The van der Waals surface area contributed by atoms with Gasteiger partial charge in [0.25, 0.3) is 0 Å². The zero-order chi connectivity index (χ0) is 13.1. The highest BCUT2D eigenvalue weighted by molar-refractivity contribution is 6.30. The number of hydrogen-bond acceptors (Lipinski definition) is 2. The van der Waals surface area contributed by atoms with Gasteiger partial charge in [-0.05, 0) is 37.6 Å². The molecular formula is C13H17Cl2FN2O. The van der Waals surface area contributed by atoms with Crippen LogP contribution in [0.2, 0.25) is 5.02 Å². The molecule has 6 heteroatoms. The fourth-order valence-corrected chi connectivity index (χ4v) is 2.26. The van der Waals surface area contributed by atoms with E-state index < -0.39 is 5.82 Å². The summed E-state index contributed by atoms with van der Waals surface area (Å²) < 4.78 is 13.0. The van der Waals surface area contributed by atoms with Crippen molar-refractivity contribution in [3.63, 3.8) is 0 Å². The maximum atomic E-state index is 13.0. The molecule has 1 amide bonds. The Balaban J connectivity index is 0.00000180.